The molecule has 0 spiro atoms. The standard InChI is InChI=1S/C22H25FN2O3/c1-3-25-20(26)13-12-19(21(25)16-6-10-18(28-2)11-7-16)22(27)24-14-15-4-8-17(23)9-5-15/h4-11,19,21H,3,12-14H2,1-2H3,(H,24,27)/t19-,21+/m1/s1. The lowest BCUT2D eigenvalue weighted by molar-refractivity contribution is -0.143. The van der Waals surface area contributed by atoms with Crippen LogP contribution in [0.15, 0.2) is 48.5 Å². The number of methoxy groups -OCH3 is 1. The van der Waals surface area contributed by atoms with Crippen molar-refractivity contribution in [3.8, 4) is 5.75 Å². The first kappa shape index (κ1) is 19.9. The summed E-state index contributed by atoms with van der Waals surface area (Å²) in [6.45, 7) is 2.79. The summed E-state index contributed by atoms with van der Waals surface area (Å²) in [5.41, 5.74) is 1.74. The summed E-state index contributed by atoms with van der Waals surface area (Å²) in [7, 11) is 1.60. The molecule has 1 heterocycles. The summed E-state index contributed by atoms with van der Waals surface area (Å²) in [6.07, 6.45) is 0.858. The van der Waals surface area contributed by atoms with Crippen LogP contribution >= 0.6 is 0 Å². The number of likely N-dealkylation sites (tertiary alicyclic amines) is 1. The minimum absolute atomic E-state index is 0.0610. The lowest BCUT2D eigenvalue weighted by Gasteiger charge is -2.40. The van der Waals surface area contributed by atoms with E-state index in [4.69, 9.17) is 4.74 Å². The Morgan fingerprint density at radius 2 is 1.86 bits per heavy atom. The van der Waals surface area contributed by atoms with E-state index in [1.807, 2.05) is 31.2 Å². The first-order valence-corrected chi connectivity index (χ1v) is 9.49. The molecule has 0 bridgehead atoms. The van der Waals surface area contributed by atoms with Crippen molar-refractivity contribution in [2.75, 3.05) is 13.7 Å². The predicted molar refractivity (Wildman–Crippen MR) is 104 cm³/mol. The number of piperidine rings is 1. The topological polar surface area (TPSA) is 58.6 Å². The minimum Gasteiger partial charge on any atom is -0.497 e. The summed E-state index contributed by atoms with van der Waals surface area (Å²) in [6, 6.07) is 13.2. The number of nitrogens with zero attached hydrogens (tertiary/aromatic N) is 1. The van der Waals surface area contributed by atoms with Crippen molar-refractivity contribution in [2.24, 2.45) is 5.92 Å². The molecule has 2 aromatic rings. The first-order valence-electron chi connectivity index (χ1n) is 9.49. The lowest BCUT2D eigenvalue weighted by Crippen LogP contribution is -2.47. The fourth-order valence-electron chi connectivity index (χ4n) is 3.74. The second-order valence-corrected chi connectivity index (χ2v) is 6.89. The van der Waals surface area contributed by atoms with E-state index in [2.05, 4.69) is 5.32 Å². The Balaban J connectivity index is 1.79. The Bertz CT molecular complexity index is 821. The summed E-state index contributed by atoms with van der Waals surface area (Å²) < 4.78 is 18.3. The van der Waals surface area contributed by atoms with Gasteiger partial charge in [-0.3, -0.25) is 9.59 Å². The molecule has 0 unspecified atom stereocenters. The summed E-state index contributed by atoms with van der Waals surface area (Å²) in [5, 5.41) is 2.95. The Morgan fingerprint density at radius 3 is 2.46 bits per heavy atom. The Kier molecular flexibility index (Phi) is 6.29. The number of hydrogen-bond donors (Lipinski definition) is 1. The highest BCUT2D eigenvalue weighted by atomic mass is 19.1. The zero-order valence-electron chi connectivity index (χ0n) is 16.2. The van der Waals surface area contributed by atoms with Crippen LogP contribution in [0.5, 0.6) is 5.75 Å². The van der Waals surface area contributed by atoms with Gasteiger partial charge < -0.3 is 15.0 Å². The lowest BCUT2D eigenvalue weighted by atomic mass is 9.83. The first-order chi connectivity index (χ1) is 13.5. The molecule has 0 saturated carbocycles. The smallest absolute Gasteiger partial charge is 0.225 e. The largest absolute Gasteiger partial charge is 0.497 e. The quantitative estimate of drug-likeness (QED) is 0.830. The molecule has 5 nitrogen and oxygen atoms in total. The van der Waals surface area contributed by atoms with E-state index in [1.54, 1.807) is 24.1 Å². The van der Waals surface area contributed by atoms with Crippen molar-refractivity contribution >= 4 is 11.8 Å². The molecule has 1 aliphatic rings. The van der Waals surface area contributed by atoms with Gasteiger partial charge in [0.15, 0.2) is 0 Å². The van der Waals surface area contributed by atoms with Crippen LogP contribution in [0, 0.1) is 11.7 Å². The van der Waals surface area contributed by atoms with Crippen LogP contribution in [-0.2, 0) is 16.1 Å². The van der Waals surface area contributed by atoms with Gasteiger partial charge in [-0.2, -0.15) is 0 Å². The van der Waals surface area contributed by atoms with Gasteiger partial charge in [0.05, 0.1) is 19.1 Å². The van der Waals surface area contributed by atoms with Crippen LogP contribution in [0.3, 0.4) is 0 Å². The highest BCUT2D eigenvalue weighted by molar-refractivity contribution is 5.85. The number of carbonyl (C=O) groups excluding carboxylic acids is 2. The number of halogens is 1. The molecule has 3 rings (SSSR count). The fraction of sp³-hybridized carbons (Fsp3) is 0.364. The maximum Gasteiger partial charge on any atom is 0.225 e. The van der Waals surface area contributed by atoms with Crippen molar-refractivity contribution in [3.63, 3.8) is 0 Å². The number of rotatable bonds is 6. The van der Waals surface area contributed by atoms with Crippen LogP contribution in [0.2, 0.25) is 0 Å². The zero-order chi connectivity index (χ0) is 20.1. The van der Waals surface area contributed by atoms with E-state index in [0.717, 1.165) is 16.9 Å². The molecular formula is C22H25FN2O3. The van der Waals surface area contributed by atoms with E-state index in [0.29, 0.717) is 25.9 Å². The molecule has 1 fully saturated rings. The van der Waals surface area contributed by atoms with Gasteiger partial charge in [0.25, 0.3) is 0 Å². The van der Waals surface area contributed by atoms with Gasteiger partial charge in [0, 0.05) is 19.5 Å². The van der Waals surface area contributed by atoms with Crippen molar-refractivity contribution < 1.29 is 18.7 Å². The van der Waals surface area contributed by atoms with Gasteiger partial charge in [-0.1, -0.05) is 24.3 Å². The molecule has 0 aliphatic carbocycles. The number of carbonyl (C=O) groups is 2. The third-order valence-corrected chi connectivity index (χ3v) is 5.22. The molecular weight excluding hydrogens is 359 g/mol. The van der Waals surface area contributed by atoms with Crippen LogP contribution in [-0.4, -0.2) is 30.4 Å². The molecule has 6 heteroatoms. The van der Waals surface area contributed by atoms with Crippen LogP contribution in [0.4, 0.5) is 4.39 Å². The monoisotopic (exact) mass is 384 g/mol. The summed E-state index contributed by atoms with van der Waals surface area (Å²) >= 11 is 0. The zero-order valence-corrected chi connectivity index (χ0v) is 16.2. The van der Waals surface area contributed by atoms with Crippen LogP contribution in [0.1, 0.15) is 36.9 Å². The molecule has 2 atom stereocenters. The van der Waals surface area contributed by atoms with Crippen LogP contribution < -0.4 is 10.1 Å². The number of benzene rings is 2. The third kappa shape index (κ3) is 4.32. The van der Waals surface area contributed by atoms with E-state index in [-0.39, 0.29) is 29.6 Å². The van der Waals surface area contributed by atoms with Crippen molar-refractivity contribution in [3.05, 3.63) is 65.5 Å². The molecule has 28 heavy (non-hydrogen) atoms. The third-order valence-electron chi connectivity index (χ3n) is 5.22. The van der Waals surface area contributed by atoms with Gasteiger partial charge in [-0.15, -0.1) is 0 Å². The van der Waals surface area contributed by atoms with E-state index >= 15 is 0 Å². The summed E-state index contributed by atoms with van der Waals surface area (Å²) in [4.78, 5) is 27.2. The predicted octanol–water partition coefficient (Wildman–Crippen LogP) is 3.45. The van der Waals surface area contributed by atoms with Gasteiger partial charge in [-0.25, -0.2) is 4.39 Å². The molecule has 1 saturated heterocycles. The number of ether oxygens (including phenoxy) is 1. The van der Waals surface area contributed by atoms with Crippen molar-refractivity contribution in [1.29, 1.82) is 0 Å². The average molecular weight is 384 g/mol. The molecule has 0 aromatic heterocycles. The van der Waals surface area contributed by atoms with E-state index in [1.165, 1.54) is 12.1 Å². The number of amides is 2. The normalized spacial score (nSPS) is 19.4. The summed E-state index contributed by atoms with van der Waals surface area (Å²) in [5.74, 6) is 0.0405. The van der Waals surface area contributed by atoms with Gasteiger partial charge >= 0.3 is 0 Å². The van der Waals surface area contributed by atoms with Gasteiger partial charge in [-0.05, 0) is 48.7 Å². The highest BCUT2D eigenvalue weighted by Gasteiger charge is 2.39. The highest BCUT2D eigenvalue weighted by Crippen LogP contribution is 2.37. The maximum atomic E-state index is 13.1. The molecule has 1 N–H and O–H groups in total. The molecule has 1 aliphatic heterocycles. The maximum absolute atomic E-state index is 13.1. The van der Waals surface area contributed by atoms with E-state index in [9.17, 15) is 14.0 Å². The fourth-order valence-corrected chi connectivity index (χ4v) is 3.74. The van der Waals surface area contributed by atoms with E-state index < -0.39 is 0 Å². The van der Waals surface area contributed by atoms with Crippen molar-refractivity contribution in [2.45, 2.75) is 32.4 Å². The number of nitrogens with one attached hydrogen (secondary N) is 1. The van der Waals surface area contributed by atoms with Crippen LogP contribution in [0.25, 0.3) is 0 Å². The van der Waals surface area contributed by atoms with Gasteiger partial charge in [0.1, 0.15) is 11.6 Å². The van der Waals surface area contributed by atoms with Crippen molar-refractivity contribution in [1.82, 2.24) is 10.2 Å². The van der Waals surface area contributed by atoms with Gasteiger partial charge in [0.2, 0.25) is 11.8 Å². The Morgan fingerprint density at radius 1 is 1.18 bits per heavy atom. The number of hydrogen-bond acceptors (Lipinski definition) is 3. The molecule has 2 aromatic carbocycles. The minimum atomic E-state index is -0.341. The Labute approximate surface area is 164 Å². The molecule has 0 radical (unpaired) electrons. The molecule has 2 amide bonds. The molecule has 148 valence electrons. The Hall–Kier alpha value is -2.89. The average Bonchev–Trinajstić information content (AvgIpc) is 2.73. The SMILES string of the molecule is CCN1C(=O)CC[C@@H](C(=O)NCc2ccc(F)cc2)[C@@H]1c1ccc(OC)cc1. The second-order valence-electron chi connectivity index (χ2n) is 6.89. The second kappa shape index (κ2) is 8.87.